The molecule has 0 unspecified atom stereocenters. The number of nitrogens with zero attached hydrogens (tertiary/aromatic N) is 1. The predicted octanol–water partition coefficient (Wildman–Crippen LogP) is 3.37. The van der Waals surface area contributed by atoms with Crippen LogP contribution >= 0.6 is 0 Å². The van der Waals surface area contributed by atoms with Crippen LogP contribution in [0.4, 0.5) is 4.79 Å². The van der Waals surface area contributed by atoms with Crippen LogP contribution in [0.3, 0.4) is 0 Å². The summed E-state index contributed by atoms with van der Waals surface area (Å²) >= 11 is 0. The van der Waals surface area contributed by atoms with Crippen molar-refractivity contribution in [1.82, 2.24) is 4.90 Å². The Kier molecular flexibility index (Phi) is 12.0. The van der Waals surface area contributed by atoms with Crippen molar-refractivity contribution < 1.29 is 19.1 Å². The number of carbonyl (C=O) groups excluding carboxylic acids is 2. The van der Waals surface area contributed by atoms with Gasteiger partial charge in [0.2, 0.25) is 0 Å². The summed E-state index contributed by atoms with van der Waals surface area (Å²) < 4.78 is 9.68. The molecule has 0 aliphatic rings. The van der Waals surface area contributed by atoms with E-state index in [-0.39, 0.29) is 12.5 Å². The molecule has 0 aliphatic heterocycles. The second-order valence-corrected chi connectivity index (χ2v) is 4.83. The van der Waals surface area contributed by atoms with Crippen molar-refractivity contribution in [3.05, 3.63) is 0 Å². The molecule has 0 aliphatic carbocycles. The number of unbranched alkanes of at least 4 members (excludes halogenated alkanes) is 6. The molecule has 0 rings (SSSR count). The Morgan fingerprint density at radius 3 is 2.10 bits per heavy atom. The number of likely N-dealkylation sites (N-methyl/N-ethyl adjacent to an activating group) is 1. The van der Waals surface area contributed by atoms with Crippen LogP contribution in [-0.2, 0) is 14.3 Å². The fourth-order valence-electron chi connectivity index (χ4n) is 1.88. The number of hydrogen-bond donors (Lipinski definition) is 0. The molecule has 0 fully saturated rings. The first-order chi connectivity index (χ1) is 9.65. The molecule has 0 aromatic heterocycles. The second kappa shape index (κ2) is 12.8. The lowest BCUT2D eigenvalue weighted by molar-refractivity contribution is -0.144. The van der Waals surface area contributed by atoms with Crippen LogP contribution in [0.1, 0.15) is 58.8 Å². The van der Waals surface area contributed by atoms with Crippen molar-refractivity contribution in [2.75, 3.05) is 26.8 Å². The Morgan fingerprint density at radius 2 is 1.55 bits per heavy atom. The Balaban J connectivity index is 3.55. The number of rotatable bonds is 11. The maximum absolute atomic E-state index is 11.5. The van der Waals surface area contributed by atoms with E-state index in [4.69, 9.17) is 4.74 Å². The van der Waals surface area contributed by atoms with Gasteiger partial charge in [-0.25, -0.2) is 4.79 Å². The van der Waals surface area contributed by atoms with Crippen LogP contribution in [0.15, 0.2) is 0 Å². The minimum Gasteiger partial charge on any atom is -0.464 e. The summed E-state index contributed by atoms with van der Waals surface area (Å²) in [5.74, 6) is -0.372. The number of amides is 1. The van der Waals surface area contributed by atoms with Crippen LogP contribution in [-0.4, -0.2) is 43.8 Å². The second-order valence-electron chi connectivity index (χ2n) is 4.83. The highest BCUT2D eigenvalue weighted by Gasteiger charge is 2.16. The molecule has 0 atom stereocenters. The third kappa shape index (κ3) is 9.64. The van der Waals surface area contributed by atoms with Crippen LogP contribution in [0.2, 0.25) is 0 Å². The van der Waals surface area contributed by atoms with Crippen molar-refractivity contribution in [3.8, 4) is 0 Å². The van der Waals surface area contributed by atoms with Crippen molar-refractivity contribution in [1.29, 1.82) is 0 Å². The molecule has 0 N–H and O–H groups in total. The Morgan fingerprint density at radius 1 is 0.950 bits per heavy atom. The lowest BCUT2D eigenvalue weighted by Gasteiger charge is -2.17. The zero-order valence-corrected chi connectivity index (χ0v) is 13.2. The van der Waals surface area contributed by atoms with Gasteiger partial charge in [0.05, 0.1) is 13.7 Å². The van der Waals surface area contributed by atoms with Gasteiger partial charge in [0.15, 0.2) is 0 Å². The lowest BCUT2D eigenvalue weighted by Crippen LogP contribution is -2.36. The summed E-state index contributed by atoms with van der Waals surface area (Å²) in [6.45, 7) is 4.82. The van der Waals surface area contributed by atoms with Gasteiger partial charge in [-0.3, -0.25) is 9.69 Å². The number of ether oxygens (including phenoxy) is 2. The summed E-state index contributed by atoms with van der Waals surface area (Å²) in [6, 6.07) is 0. The summed E-state index contributed by atoms with van der Waals surface area (Å²) in [4.78, 5) is 24.1. The summed E-state index contributed by atoms with van der Waals surface area (Å²) in [6.07, 6.45) is 7.78. The third-order valence-electron chi connectivity index (χ3n) is 3.15. The maximum atomic E-state index is 11.5. The molecule has 0 saturated heterocycles. The first kappa shape index (κ1) is 18.7. The largest absolute Gasteiger partial charge is 0.464 e. The van der Waals surface area contributed by atoms with Crippen molar-refractivity contribution in [2.24, 2.45) is 0 Å². The van der Waals surface area contributed by atoms with Crippen LogP contribution in [0.5, 0.6) is 0 Å². The minimum absolute atomic E-state index is 0.0420. The van der Waals surface area contributed by atoms with E-state index in [2.05, 4.69) is 11.7 Å². The molecule has 5 nitrogen and oxygen atoms in total. The van der Waals surface area contributed by atoms with Gasteiger partial charge < -0.3 is 9.47 Å². The number of esters is 1. The van der Waals surface area contributed by atoms with E-state index in [1.165, 1.54) is 44.1 Å². The van der Waals surface area contributed by atoms with Gasteiger partial charge in [0.25, 0.3) is 0 Å². The van der Waals surface area contributed by atoms with Gasteiger partial charge >= 0.3 is 12.1 Å². The van der Waals surface area contributed by atoms with E-state index in [1.54, 1.807) is 6.92 Å². The maximum Gasteiger partial charge on any atom is 0.410 e. The average molecular weight is 287 g/mol. The summed E-state index contributed by atoms with van der Waals surface area (Å²) in [5, 5.41) is 0. The van der Waals surface area contributed by atoms with Crippen LogP contribution < -0.4 is 0 Å². The molecule has 0 aromatic rings. The average Bonchev–Trinajstić information content (AvgIpc) is 2.46. The summed E-state index contributed by atoms with van der Waals surface area (Å²) in [7, 11) is 1.30. The monoisotopic (exact) mass is 287 g/mol. The van der Waals surface area contributed by atoms with Gasteiger partial charge in [0, 0.05) is 6.54 Å². The first-order valence-electron chi connectivity index (χ1n) is 7.64. The molecule has 0 bridgehead atoms. The first-order valence-corrected chi connectivity index (χ1v) is 7.64. The van der Waals surface area contributed by atoms with E-state index < -0.39 is 6.09 Å². The molecule has 5 heteroatoms. The van der Waals surface area contributed by atoms with Gasteiger partial charge in [0.1, 0.15) is 6.54 Å². The number of hydrogen-bond acceptors (Lipinski definition) is 4. The standard InChI is InChI=1S/C15H29NO4/c1-4-6-7-8-9-10-11-12-20-14(17)13-16(5-2)15(18)19-3/h4-13H2,1-3H3. The fourth-order valence-corrected chi connectivity index (χ4v) is 1.88. The highest BCUT2D eigenvalue weighted by molar-refractivity contribution is 5.77. The molecule has 1 amide bonds. The fraction of sp³-hybridized carbons (Fsp3) is 0.867. The van der Waals surface area contributed by atoms with Crippen molar-refractivity contribution in [3.63, 3.8) is 0 Å². The van der Waals surface area contributed by atoms with E-state index >= 15 is 0 Å². The molecule has 0 heterocycles. The molecular weight excluding hydrogens is 258 g/mol. The number of methoxy groups -OCH3 is 1. The van der Waals surface area contributed by atoms with Gasteiger partial charge in [-0.2, -0.15) is 0 Å². The van der Waals surface area contributed by atoms with Gasteiger partial charge in [-0.15, -0.1) is 0 Å². The molecule has 0 saturated carbocycles. The highest BCUT2D eigenvalue weighted by atomic mass is 16.5. The van der Waals surface area contributed by atoms with E-state index in [0.717, 1.165) is 12.8 Å². The lowest BCUT2D eigenvalue weighted by atomic mass is 10.1. The van der Waals surface area contributed by atoms with Gasteiger partial charge in [-0.05, 0) is 13.3 Å². The Labute approximate surface area is 122 Å². The van der Waals surface area contributed by atoms with Crippen LogP contribution in [0, 0.1) is 0 Å². The predicted molar refractivity (Wildman–Crippen MR) is 78.6 cm³/mol. The van der Waals surface area contributed by atoms with E-state index in [0.29, 0.717) is 13.2 Å². The molecule has 20 heavy (non-hydrogen) atoms. The number of carbonyl (C=O) groups is 2. The molecule has 0 radical (unpaired) electrons. The van der Waals surface area contributed by atoms with Crippen molar-refractivity contribution >= 4 is 12.1 Å². The summed E-state index contributed by atoms with van der Waals surface area (Å²) in [5.41, 5.74) is 0. The normalized spacial score (nSPS) is 10.2. The van der Waals surface area contributed by atoms with E-state index in [1.807, 2.05) is 0 Å². The molecule has 118 valence electrons. The molecule has 0 aromatic carbocycles. The minimum atomic E-state index is -0.500. The SMILES string of the molecule is CCCCCCCCCOC(=O)CN(CC)C(=O)OC. The zero-order valence-electron chi connectivity index (χ0n) is 13.2. The smallest absolute Gasteiger partial charge is 0.410 e. The zero-order chi connectivity index (χ0) is 15.2. The van der Waals surface area contributed by atoms with Crippen LogP contribution in [0.25, 0.3) is 0 Å². The molecule has 0 spiro atoms. The Hall–Kier alpha value is -1.26. The van der Waals surface area contributed by atoms with E-state index in [9.17, 15) is 9.59 Å². The third-order valence-corrected chi connectivity index (χ3v) is 3.15. The Bertz CT molecular complexity index is 269. The quantitative estimate of drug-likeness (QED) is 0.432. The highest BCUT2D eigenvalue weighted by Crippen LogP contribution is 2.07. The molecular formula is C15H29NO4. The van der Waals surface area contributed by atoms with Crippen molar-refractivity contribution in [2.45, 2.75) is 58.8 Å². The topological polar surface area (TPSA) is 55.8 Å². The van der Waals surface area contributed by atoms with Gasteiger partial charge in [-0.1, -0.05) is 45.4 Å².